The first-order chi connectivity index (χ1) is 14.2. The number of allylic oxidation sites excluding steroid dienone is 5. The van der Waals surface area contributed by atoms with Crippen molar-refractivity contribution in [1.29, 1.82) is 0 Å². The van der Waals surface area contributed by atoms with Gasteiger partial charge in [-0.3, -0.25) is 0 Å². The van der Waals surface area contributed by atoms with Gasteiger partial charge in [-0.1, -0.05) is 36.4 Å². The Labute approximate surface area is 174 Å². The molecule has 30 heavy (non-hydrogen) atoms. The van der Waals surface area contributed by atoms with E-state index in [0.29, 0.717) is 11.8 Å². The lowest BCUT2D eigenvalue weighted by Crippen LogP contribution is -2.07. The van der Waals surface area contributed by atoms with Gasteiger partial charge in [0.15, 0.2) is 0 Å². The quantitative estimate of drug-likeness (QED) is 0.345. The lowest BCUT2D eigenvalue weighted by atomic mass is 9.95. The zero-order valence-electron chi connectivity index (χ0n) is 17.1. The van der Waals surface area contributed by atoms with Crippen molar-refractivity contribution in [2.75, 3.05) is 0 Å². The SMILES string of the molecule is C=C(/C=C\C)C1=C(c2cc(C)ccc2OCc2ccc(C(F)(F)F)cc2F)CCC1. The van der Waals surface area contributed by atoms with Crippen LogP contribution in [0.2, 0.25) is 0 Å². The Hall–Kier alpha value is -2.82. The summed E-state index contributed by atoms with van der Waals surface area (Å²) in [6.45, 7) is 7.94. The normalized spacial score (nSPS) is 14.6. The molecule has 0 unspecified atom stereocenters. The van der Waals surface area contributed by atoms with E-state index in [9.17, 15) is 17.6 Å². The largest absolute Gasteiger partial charge is 0.488 e. The van der Waals surface area contributed by atoms with E-state index in [4.69, 9.17) is 4.74 Å². The van der Waals surface area contributed by atoms with Gasteiger partial charge in [0.2, 0.25) is 0 Å². The topological polar surface area (TPSA) is 9.23 Å². The van der Waals surface area contributed by atoms with Crippen LogP contribution in [0.15, 0.2) is 66.3 Å². The van der Waals surface area contributed by atoms with Crippen molar-refractivity contribution in [2.24, 2.45) is 0 Å². The standard InChI is InChI=1S/C25H24F4O/c1-4-6-17(3)20-7-5-8-21(20)22-13-16(2)9-12-24(22)30-15-18-10-11-19(14-23(18)26)25(27,28)29/h4,6,9-14H,3,5,7-8,15H2,1-2H3/b6-4-. The zero-order chi connectivity index (χ0) is 21.9. The molecule has 158 valence electrons. The van der Waals surface area contributed by atoms with Gasteiger partial charge in [0.1, 0.15) is 18.2 Å². The van der Waals surface area contributed by atoms with Crippen LogP contribution in [0.1, 0.15) is 48.4 Å². The van der Waals surface area contributed by atoms with Crippen LogP contribution in [-0.2, 0) is 12.8 Å². The minimum Gasteiger partial charge on any atom is -0.488 e. The minimum atomic E-state index is -4.58. The Kier molecular flexibility index (Phi) is 6.49. The summed E-state index contributed by atoms with van der Waals surface area (Å²) in [4.78, 5) is 0. The van der Waals surface area contributed by atoms with Crippen molar-refractivity contribution < 1.29 is 22.3 Å². The van der Waals surface area contributed by atoms with Gasteiger partial charge >= 0.3 is 6.18 Å². The summed E-state index contributed by atoms with van der Waals surface area (Å²) in [7, 11) is 0. The fraction of sp³-hybridized carbons (Fsp3) is 0.280. The summed E-state index contributed by atoms with van der Waals surface area (Å²) in [6, 6.07) is 8.26. The van der Waals surface area contributed by atoms with E-state index < -0.39 is 17.6 Å². The van der Waals surface area contributed by atoms with Gasteiger partial charge in [0.05, 0.1) is 5.56 Å². The monoisotopic (exact) mass is 416 g/mol. The molecule has 2 aromatic carbocycles. The average molecular weight is 416 g/mol. The average Bonchev–Trinajstić information content (AvgIpc) is 3.17. The Morgan fingerprint density at radius 1 is 1.13 bits per heavy atom. The lowest BCUT2D eigenvalue weighted by molar-refractivity contribution is -0.137. The van der Waals surface area contributed by atoms with Crippen molar-refractivity contribution >= 4 is 5.57 Å². The van der Waals surface area contributed by atoms with Crippen molar-refractivity contribution in [1.82, 2.24) is 0 Å². The smallest absolute Gasteiger partial charge is 0.416 e. The highest BCUT2D eigenvalue weighted by Gasteiger charge is 2.31. The third-order valence-corrected chi connectivity index (χ3v) is 5.20. The Morgan fingerprint density at radius 2 is 1.90 bits per heavy atom. The first kappa shape index (κ1) is 21.9. The second-order valence-electron chi connectivity index (χ2n) is 7.43. The maximum absolute atomic E-state index is 14.2. The van der Waals surface area contributed by atoms with Crippen LogP contribution in [0.4, 0.5) is 17.6 Å². The van der Waals surface area contributed by atoms with E-state index >= 15 is 0 Å². The van der Waals surface area contributed by atoms with Crippen molar-refractivity contribution in [2.45, 2.75) is 45.9 Å². The van der Waals surface area contributed by atoms with E-state index in [1.165, 1.54) is 5.57 Å². The van der Waals surface area contributed by atoms with Crippen molar-refractivity contribution in [3.05, 3.63) is 94.3 Å². The highest BCUT2D eigenvalue weighted by atomic mass is 19.4. The Morgan fingerprint density at radius 3 is 2.57 bits per heavy atom. The van der Waals surface area contributed by atoms with Crippen LogP contribution in [0.5, 0.6) is 5.75 Å². The van der Waals surface area contributed by atoms with Crippen LogP contribution in [0.25, 0.3) is 5.57 Å². The molecule has 2 aromatic rings. The van der Waals surface area contributed by atoms with E-state index in [0.717, 1.165) is 53.7 Å². The van der Waals surface area contributed by atoms with Gasteiger partial charge in [-0.15, -0.1) is 0 Å². The van der Waals surface area contributed by atoms with Crippen LogP contribution in [-0.4, -0.2) is 0 Å². The minimum absolute atomic E-state index is 0.0773. The fourth-order valence-electron chi connectivity index (χ4n) is 3.70. The molecule has 0 N–H and O–H groups in total. The molecule has 0 saturated carbocycles. The van der Waals surface area contributed by atoms with Gasteiger partial charge in [0.25, 0.3) is 0 Å². The number of rotatable bonds is 6. The van der Waals surface area contributed by atoms with Crippen LogP contribution in [0, 0.1) is 12.7 Å². The number of hydrogen-bond acceptors (Lipinski definition) is 1. The number of aryl methyl sites for hydroxylation is 1. The molecule has 0 bridgehead atoms. The zero-order valence-corrected chi connectivity index (χ0v) is 17.1. The maximum Gasteiger partial charge on any atom is 0.416 e. The van der Waals surface area contributed by atoms with E-state index in [1.54, 1.807) is 0 Å². The molecule has 0 atom stereocenters. The van der Waals surface area contributed by atoms with Gasteiger partial charge < -0.3 is 4.74 Å². The molecular formula is C25H24F4O. The molecule has 0 radical (unpaired) electrons. The van der Waals surface area contributed by atoms with E-state index in [-0.39, 0.29) is 12.2 Å². The summed E-state index contributed by atoms with van der Waals surface area (Å²) < 4.78 is 58.3. The lowest BCUT2D eigenvalue weighted by Gasteiger charge is -2.16. The molecule has 0 aromatic heterocycles. The van der Waals surface area contributed by atoms with Gasteiger partial charge in [-0.2, -0.15) is 13.2 Å². The molecule has 0 saturated heterocycles. The van der Waals surface area contributed by atoms with Crippen LogP contribution >= 0.6 is 0 Å². The first-order valence-corrected chi connectivity index (χ1v) is 9.84. The number of ether oxygens (including phenoxy) is 1. The number of benzene rings is 2. The second kappa shape index (κ2) is 8.90. The fourth-order valence-corrected chi connectivity index (χ4v) is 3.70. The van der Waals surface area contributed by atoms with E-state index in [1.807, 2.05) is 44.2 Å². The number of alkyl halides is 3. The summed E-state index contributed by atoms with van der Waals surface area (Å²) in [5.74, 6) is -0.344. The van der Waals surface area contributed by atoms with Crippen molar-refractivity contribution in [3.63, 3.8) is 0 Å². The van der Waals surface area contributed by atoms with Gasteiger partial charge in [-0.05, 0) is 74.1 Å². The summed E-state index contributed by atoms with van der Waals surface area (Å²) in [5.41, 5.74) is 4.37. The molecule has 5 heteroatoms. The third kappa shape index (κ3) is 4.84. The number of hydrogen-bond donors (Lipinski definition) is 0. The molecule has 3 rings (SSSR count). The Bertz CT molecular complexity index is 1010. The maximum atomic E-state index is 14.2. The summed E-state index contributed by atoms with van der Waals surface area (Å²) in [5, 5.41) is 0. The molecule has 1 aliphatic rings. The van der Waals surface area contributed by atoms with E-state index in [2.05, 4.69) is 6.58 Å². The second-order valence-corrected chi connectivity index (χ2v) is 7.43. The highest BCUT2D eigenvalue weighted by molar-refractivity contribution is 5.78. The third-order valence-electron chi connectivity index (χ3n) is 5.20. The predicted octanol–water partition coefficient (Wildman–Crippen LogP) is 7.80. The molecule has 0 heterocycles. The van der Waals surface area contributed by atoms with Gasteiger partial charge in [-0.25, -0.2) is 4.39 Å². The molecule has 0 spiro atoms. The molecule has 0 fully saturated rings. The number of halogens is 4. The molecular weight excluding hydrogens is 392 g/mol. The predicted molar refractivity (Wildman–Crippen MR) is 112 cm³/mol. The highest BCUT2D eigenvalue weighted by Crippen LogP contribution is 2.41. The first-order valence-electron chi connectivity index (χ1n) is 9.84. The molecule has 1 aliphatic carbocycles. The van der Waals surface area contributed by atoms with Crippen molar-refractivity contribution in [3.8, 4) is 5.75 Å². The molecule has 0 amide bonds. The molecule has 1 nitrogen and oxygen atoms in total. The van der Waals surface area contributed by atoms with Crippen LogP contribution in [0.3, 0.4) is 0 Å². The Balaban J connectivity index is 1.90. The molecule has 0 aliphatic heterocycles. The van der Waals surface area contributed by atoms with Gasteiger partial charge in [0, 0.05) is 11.1 Å². The summed E-state index contributed by atoms with van der Waals surface area (Å²) >= 11 is 0. The summed E-state index contributed by atoms with van der Waals surface area (Å²) in [6.07, 6.45) is 2.19. The van der Waals surface area contributed by atoms with Crippen LogP contribution < -0.4 is 4.74 Å².